The second-order valence-corrected chi connectivity index (χ2v) is 7.29. The molecule has 1 atom stereocenters. The number of aryl methyl sites for hydroxylation is 1. The topological polar surface area (TPSA) is 62.4 Å². The molecule has 1 unspecified atom stereocenters. The second-order valence-electron chi connectivity index (χ2n) is 7.29. The van der Waals surface area contributed by atoms with E-state index in [0.717, 1.165) is 23.1 Å². The SMILES string of the molecule is COc1ccc2c(c1)CCN(C(=O)CCc1cc3ccccc3[nH]c1=O)C2C. The van der Waals surface area contributed by atoms with Crippen molar-refractivity contribution in [2.24, 2.45) is 0 Å². The highest BCUT2D eigenvalue weighted by Crippen LogP contribution is 2.32. The number of carbonyl (C=O) groups excluding carboxylic acids is 1. The van der Waals surface area contributed by atoms with Crippen LogP contribution in [0.3, 0.4) is 0 Å². The van der Waals surface area contributed by atoms with Crippen LogP contribution in [0.4, 0.5) is 0 Å². The number of ether oxygens (including phenoxy) is 1. The van der Waals surface area contributed by atoms with Crippen LogP contribution in [0.25, 0.3) is 10.9 Å². The minimum absolute atomic E-state index is 0.0250. The van der Waals surface area contributed by atoms with Gasteiger partial charge < -0.3 is 14.6 Å². The zero-order valence-electron chi connectivity index (χ0n) is 16.2. The third kappa shape index (κ3) is 3.40. The van der Waals surface area contributed by atoms with Crippen molar-refractivity contribution in [3.8, 4) is 5.75 Å². The second kappa shape index (κ2) is 7.50. The number of nitrogens with one attached hydrogen (secondary N) is 1. The first-order valence-electron chi connectivity index (χ1n) is 9.64. The molecule has 0 bridgehead atoms. The summed E-state index contributed by atoms with van der Waals surface area (Å²) in [6.07, 6.45) is 1.59. The smallest absolute Gasteiger partial charge is 0.251 e. The van der Waals surface area contributed by atoms with E-state index in [1.54, 1.807) is 7.11 Å². The van der Waals surface area contributed by atoms with Gasteiger partial charge in [0.1, 0.15) is 5.75 Å². The van der Waals surface area contributed by atoms with E-state index < -0.39 is 0 Å². The van der Waals surface area contributed by atoms with Crippen molar-refractivity contribution in [2.45, 2.75) is 32.2 Å². The van der Waals surface area contributed by atoms with Crippen molar-refractivity contribution in [3.63, 3.8) is 0 Å². The molecule has 0 saturated carbocycles. The molecule has 1 N–H and O–H groups in total. The third-order valence-electron chi connectivity index (χ3n) is 5.65. The lowest BCUT2D eigenvalue weighted by atomic mass is 9.93. The Kier molecular flexibility index (Phi) is 4.90. The van der Waals surface area contributed by atoms with Gasteiger partial charge in [-0.2, -0.15) is 0 Å². The first-order chi connectivity index (χ1) is 13.6. The summed E-state index contributed by atoms with van der Waals surface area (Å²) >= 11 is 0. The van der Waals surface area contributed by atoms with Gasteiger partial charge in [0, 0.05) is 24.0 Å². The Hall–Kier alpha value is -3.08. The van der Waals surface area contributed by atoms with Gasteiger partial charge in [0.15, 0.2) is 0 Å². The number of amides is 1. The number of methoxy groups -OCH3 is 1. The first-order valence-corrected chi connectivity index (χ1v) is 9.64. The molecule has 2 heterocycles. The number of aromatic nitrogens is 1. The minimum Gasteiger partial charge on any atom is -0.497 e. The highest BCUT2D eigenvalue weighted by Gasteiger charge is 2.27. The predicted molar refractivity (Wildman–Crippen MR) is 110 cm³/mol. The number of nitrogens with zero attached hydrogens (tertiary/aromatic N) is 1. The Balaban J connectivity index is 1.48. The maximum Gasteiger partial charge on any atom is 0.251 e. The molecule has 1 aromatic heterocycles. The first kappa shape index (κ1) is 18.3. The summed E-state index contributed by atoms with van der Waals surface area (Å²) in [6.45, 7) is 2.75. The third-order valence-corrected chi connectivity index (χ3v) is 5.65. The normalized spacial score (nSPS) is 16.1. The summed E-state index contributed by atoms with van der Waals surface area (Å²) in [4.78, 5) is 30.0. The summed E-state index contributed by atoms with van der Waals surface area (Å²) in [7, 11) is 1.66. The number of H-pyrrole nitrogens is 1. The summed E-state index contributed by atoms with van der Waals surface area (Å²) < 4.78 is 5.31. The predicted octanol–water partition coefficient (Wildman–Crippen LogP) is 3.62. The van der Waals surface area contributed by atoms with Crippen molar-refractivity contribution in [1.82, 2.24) is 9.88 Å². The lowest BCUT2D eigenvalue weighted by Gasteiger charge is -2.35. The van der Waals surface area contributed by atoms with Gasteiger partial charge in [0.25, 0.3) is 5.56 Å². The van der Waals surface area contributed by atoms with E-state index >= 15 is 0 Å². The molecule has 28 heavy (non-hydrogen) atoms. The molecule has 5 heteroatoms. The standard InChI is InChI=1S/C23H24N2O3/c1-15-20-9-8-19(28-2)14-16(20)11-12-25(15)22(26)10-7-18-13-17-5-3-4-6-21(17)24-23(18)27/h3-6,8-9,13-15H,7,10-12H2,1-2H3,(H,24,27). The van der Waals surface area contributed by atoms with E-state index in [2.05, 4.69) is 18.0 Å². The molecule has 1 aliphatic rings. The monoisotopic (exact) mass is 376 g/mol. The quantitative estimate of drug-likeness (QED) is 0.757. The van der Waals surface area contributed by atoms with Crippen LogP contribution in [0.1, 0.15) is 36.1 Å². The number of fused-ring (bicyclic) bond motifs is 2. The van der Waals surface area contributed by atoms with Gasteiger partial charge in [-0.3, -0.25) is 9.59 Å². The van der Waals surface area contributed by atoms with Crippen LogP contribution in [-0.2, 0) is 17.6 Å². The largest absolute Gasteiger partial charge is 0.497 e. The Labute approximate surface area is 163 Å². The Morgan fingerprint density at radius 3 is 2.86 bits per heavy atom. The molecule has 5 nitrogen and oxygen atoms in total. The summed E-state index contributed by atoms with van der Waals surface area (Å²) in [6, 6.07) is 15.7. The average Bonchev–Trinajstić information content (AvgIpc) is 2.72. The van der Waals surface area contributed by atoms with E-state index in [1.165, 1.54) is 11.1 Å². The van der Waals surface area contributed by atoms with Gasteiger partial charge in [-0.1, -0.05) is 24.3 Å². The summed E-state index contributed by atoms with van der Waals surface area (Å²) in [5.41, 5.74) is 3.77. The lowest BCUT2D eigenvalue weighted by Crippen LogP contribution is -2.39. The number of para-hydroxylation sites is 1. The van der Waals surface area contributed by atoms with Crippen molar-refractivity contribution < 1.29 is 9.53 Å². The number of aromatic amines is 1. The van der Waals surface area contributed by atoms with E-state index in [0.29, 0.717) is 24.9 Å². The summed E-state index contributed by atoms with van der Waals surface area (Å²) in [5.74, 6) is 0.933. The van der Waals surface area contributed by atoms with Crippen molar-refractivity contribution in [1.29, 1.82) is 0 Å². The zero-order valence-corrected chi connectivity index (χ0v) is 16.2. The van der Waals surface area contributed by atoms with Gasteiger partial charge >= 0.3 is 0 Å². The zero-order chi connectivity index (χ0) is 19.7. The molecule has 1 amide bonds. The molecule has 0 radical (unpaired) electrons. The fraction of sp³-hybridized carbons (Fsp3) is 0.304. The molecule has 0 aliphatic carbocycles. The van der Waals surface area contributed by atoms with Crippen LogP contribution in [0, 0.1) is 0 Å². The number of hydrogen-bond donors (Lipinski definition) is 1. The van der Waals surface area contributed by atoms with Gasteiger partial charge in [0.2, 0.25) is 5.91 Å². The minimum atomic E-state index is -0.115. The number of benzene rings is 2. The molecule has 3 aromatic rings. The van der Waals surface area contributed by atoms with Crippen molar-refractivity contribution in [3.05, 3.63) is 75.6 Å². The van der Waals surface area contributed by atoms with Crippen LogP contribution in [0.2, 0.25) is 0 Å². The van der Waals surface area contributed by atoms with E-state index in [4.69, 9.17) is 4.74 Å². The fourth-order valence-electron chi connectivity index (χ4n) is 4.04. The number of carbonyl (C=O) groups is 1. The van der Waals surface area contributed by atoms with Crippen molar-refractivity contribution in [2.75, 3.05) is 13.7 Å². The van der Waals surface area contributed by atoms with Gasteiger partial charge in [-0.25, -0.2) is 0 Å². The maximum atomic E-state index is 12.9. The average molecular weight is 376 g/mol. The molecule has 0 fully saturated rings. The molecule has 144 valence electrons. The number of hydrogen-bond acceptors (Lipinski definition) is 3. The van der Waals surface area contributed by atoms with Gasteiger partial charge in [0.05, 0.1) is 13.2 Å². The highest BCUT2D eigenvalue weighted by molar-refractivity contribution is 5.80. The summed E-state index contributed by atoms with van der Waals surface area (Å²) in [5, 5.41) is 0.985. The van der Waals surface area contributed by atoms with Crippen LogP contribution in [0.5, 0.6) is 5.75 Å². The number of pyridine rings is 1. The van der Waals surface area contributed by atoms with Crippen LogP contribution < -0.4 is 10.3 Å². The van der Waals surface area contributed by atoms with Crippen molar-refractivity contribution >= 4 is 16.8 Å². The molecule has 2 aromatic carbocycles. The van der Waals surface area contributed by atoms with Gasteiger partial charge in [-0.15, -0.1) is 0 Å². The Morgan fingerprint density at radius 2 is 2.04 bits per heavy atom. The highest BCUT2D eigenvalue weighted by atomic mass is 16.5. The van der Waals surface area contributed by atoms with E-state index in [-0.39, 0.29) is 17.5 Å². The van der Waals surface area contributed by atoms with E-state index in [9.17, 15) is 9.59 Å². The molecule has 4 rings (SSSR count). The van der Waals surface area contributed by atoms with Crippen LogP contribution in [0.15, 0.2) is 53.3 Å². The van der Waals surface area contributed by atoms with Crippen LogP contribution >= 0.6 is 0 Å². The lowest BCUT2D eigenvalue weighted by molar-refractivity contribution is -0.133. The molecule has 1 aliphatic heterocycles. The Morgan fingerprint density at radius 1 is 1.21 bits per heavy atom. The number of rotatable bonds is 4. The maximum absolute atomic E-state index is 12.9. The molecular formula is C23H24N2O3. The molecule has 0 saturated heterocycles. The molecule has 0 spiro atoms. The van der Waals surface area contributed by atoms with Crippen LogP contribution in [-0.4, -0.2) is 29.4 Å². The fourth-order valence-corrected chi connectivity index (χ4v) is 4.04. The van der Waals surface area contributed by atoms with Gasteiger partial charge in [-0.05, 0) is 60.5 Å². The molecular weight excluding hydrogens is 352 g/mol. The Bertz CT molecular complexity index is 1090. The van der Waals surface area contributed by atoms with E-state index in [1.807, 2.05) is 47.4 Å².